The summed E-state index contributed by atoms with van der Waals surface area (Å²) >= 11 is 24.3. The number of ether oxygens (including phenoxy) is 1. The van der Waals surface area contributed by atoms with Gasteiger partial charge >= 0.3 is 5.97 Å². The summed E-state index contributed by atoms with van der Waals surface area (Å²) in [6, 6.07) is 12.1. The normalized spacial score (nSPS) is 20.9. The molecule has 2 saturated carbocycles. The minimum Gasteiger partial charge on any atom is -0.469 e. The van der Waals surface area contributed by atoms with Gasteiger partial charge in [-0.2, -0.15) is 0 Å². The molecule has 6 nitrogen and oxygen atoms in total. The molecule has 0 radical (unpaired) electrons. The first kappa shape index (κ1) is 43.3. The standard InChI is InChI=1S/C20H25Cl2NO.C15H18Cl2O3.C6H13N/c1-2-11-20(15-8-9-17(21)18(22)13-15)12-10-19(24)23(14-20)16-6-4-3-5-7-16;1-3-7-15(10-18,8-6-14(19)20-2)11-4-5-12(16)13(17)9-11;7-6-4-2-1-3-5-6/h2,8-9,13,16H,1,3-7,10-12,14H2;3-5,9,18H,1,6-8,10H2,2H3;6H,1-5,7H2/t20-;15-;/m00./s1. The number of amides is 1. The monoisotopic (exact) mass is 780 g/mol. The molecule has 1 aliphatic heterocycles. The van der Waals surface area contributed by atoms with Crippen molar-refractivity contribution in [3.63, 3.8) is 0 Å². The van der Waals surface area contributed by atoms with E-state index in [1.165, 1.54) is 64.0 Å². The summed E-state index contributed by atoms with van der Waals surface area (Å²) in [6.07, 6.45) is 19.9. The third-order valence-corrected chi connectivity index (χ3v) is 12.2. The molecule has 5 rings (SSSR count). The fourth-order valence-corrected chi connectivity index (χ4v) is 8.21. The molecule has 282 valence electrons. The number of aliphatic hydroxyl groups excluding tert-OH is 1. The summed E-state index contributed by atoms with van der Waals surface area (Å²) < 4.78 is 4.65. The van der Waals surface area contributed by atoms with E-state index < -0.39 is 5.41 Å². The maximum Gasteiger partial charge on any atom is 0.305 e. The number of aliphatic hydroxyl groups is 1. The zero-order valence-electron chi connectivity index (χ0n) is 30.1. The Kier molecular flexibility index (Phi) is 18.4. The Morgan fingerprint density at radius 1 is 0.941 bits per heavy atom. The van der Waals surface area contributed by atoms with Crippen LogP contribution < -0.4 is 5.73 Å². The first-order valence-corrected chi connectivity index (χ1v) is 19.8. The lowest BCUT2D eigenvalue weighted by molar-refractivity contribution is -0.141. The quantitative estimate of drug-likeness (QED) is 0.175. The molecule has 2 aromatic rings. The molecule has 1 saturated heterocycles. The van der Waals surface area contributed by atoms with E-state index in [0.717, 1.165) is 37.8 Å². The van der Waals surface area contributed by atoms with Crippen molar-refractivity contribution in [3.05, 3.63) is 92.9 Å². The predicted molar refractivity (Wildman–Crippen MR) is 213 cm³/mol. The molecule has 3 fully saturated rings. The van der Waals surface area contributed by atoms with Crippen molar-refractivity contribution in [1.82, 2.24) is 4.90 Å². The number of rotatable bonds is 11. The second-order valence-corrected chi connectivity index (χ2v) is 15.9. The molecule has 10 heteroatoms. The Bertz CT molecular complexity index is 1440. The number of nitrogens with two attached hydrogens (primary N) is 1. The van der Waals surface area contributed by atoms with Gasteiger partial charge in [0.15, 0.2) is 0 Å². The van der Waals surface area contributed by atoms with Crippen molar-refractivity contribution >= 4 is 58.3 Å². The van der Waals surface area contributed by atoms with Crippen LogP contribution >= 0.6 is 46.4 Å². The fourth-order valence-electron chi connectivity index (χ4n) is 7.61. The molecule has 0 unspecified atom stereocenters. The highest BCUT2D eigenvalue weighted by molar-refractivity contribution is 6.42. The lowest BCUT2D eigenvalue weighted by atomic mass is 9.71. The highest BCUT2D eigenvalue weighted by Crippen LogP contribution is 2.42. The van der Waals surface area contributed by atoms with Gasteiger partial charge in [-0.15, -0.1) is 13.2 Å². The van der Waals surface area contributed by atoms with Crippen LogP contribution in [0.1, 0.15) is 114 Å². The van der Waals surface area contributed by atoms with Gasteiger partial charge in [0.05, 0.1) is 33.8 Å². The zero-order valence-corrected chi connectivity index (χ0v) is 33.1. The second-order valence-electron chi connectivity index (χ2n) is 14.2. The van der Waals surface area contributed by atoms with Crippen molar-refractivity contribution in [3.8, 4) is 0 Å². The van der Waals surface area contributed by atoms with Crippen LogP contribution in [0.2, 0.25) is 20.1 Å². The minimum atomic E-state index is -0.607. The molecule has 3 N–H and O–H groups in total. The van der Waals surface area contributed by atoms with E-state index in [-0.39, 0.29) is 24.4 Å². The lowest BCUT2D eigenvalue weighted by Gasteiger charge is -2.46. The summed E-state index contributed by atoms with van der Waals surface area (Å²) in [7, 11) is 1.34. The number of carbonyl (C=O) groups is 2. The number of esters is 1. The predicted octanol–water partition coefficient (Wildman–Crippen LogP) is 10.8. The van der Waals surface area contributed by atoms with Crippen molar-refractivity contribution in [1.29, 1.82) is 0 Å². The Morgan fingerprint density at radius 2 is 1.55 bits per heavy atom. The molecule has 2 aliphatic carbocycles. The first-order valence-electron chi connectivity index (χ1n) is 18.3. The van der Waals surface area contributed by atoms with Crippen molar-refractivity contribution in [2.45, 2.75) is 126 Å². The average Bonchev–Trinajstić information content (AvgIpc) is 3.14. The number of nitrogens with zero attached hydrogens (tertiary/aromatic N) is 1. The largest absolute Gasteiger partial charge is 0.469 e. The van der Waals surface area contributed by atoms with Gasteiger partial charge in [0.2, 0.25) is 5.91 Å². The molecular formula is C41H56Cl4N2O4. The van der Waals surface area contributed by atoms with Crippen molar-refractivity contribution in [2.75, 3.05) is 20.3 Å². The summed E-state index contributed by atoms with van der Waals surface area (Å²) in [4.78, 5) is 26.1. The van der Waals surface area contributed by atoms with Gasteiger partial charge in [0.1, 0.15) is 0 Å². The SMILES string of the molecule is C=CC[C@@](CO)(CCC(=O)OC)c1ccc(Cl)c(Cl)c1.C=CC[C@]1(c2ccc(Cl)c(Cl)c2)CCC(=O)N(C2CCCCC2)C1.NC1CCCCC1. The molecule has 1 amide bonds. The molecule has 0 aromatic heterocycles. The van der Waals surface area contributed by atoms with Crippen LogP contribution in [-0.4, -0.2) is 54.2 Å². The van der Waals surface area contributed by atoms with Gasteiger partial charge < -0.3 is 20.5 Å². The molecule has 51 heavy (non-hydrogen) atoms. The maximum absolute atomic E-state index is 12.6. The molecule has 0 bridgehead atoms. The number of hydrogen-bond donors (Lipinski definition) is 2. The van der Waals surface area contributed by atoms with Crippen LogP contribution in [0.4, 0.5) is 0 Å². The van der Waals surface area contributed by atoms with Crippen LogP contribution in [0.3, 0.4) is 0 Å². The summed E-state index contributed by atoms with van der Waals surface area (Å²) in [5.74, 6) is -0.00593. The summed E-state index contributed by atoms with van der Waals surface area (Å²) in [6.45, 7) is 8.33. The number of methoxy groups -OCH3 is 1. The zero-order chi connectivity index (χ0) is 37.4. The number of benzene rings is 2. The molecular weight excluding hydrogens is 726 g/mol. The van der Waals surface area contributed by atoms with Crippen LogP contribution in [0.5, 0.6) is 0 Å². The number of carbonyl (C=O) groups excluding carboxylic acids is 2. The van der Waals surface area contributed by atoms with E-state index in [1.54, 1.807) is 18.2 Å². The number of hydrogen-bond acceptors (Lipinski definition) is 5. The van der Waals surface area contributed by atoms with Gasteiger partial charge in [-0.05, 0) is 86.8 Å². The van der Waals surface area contributed by atoms with Gasteiger partial charge in [0, 0.05) is 42.3 Å². The summed E-state index contributed by atoms with van der Waals surface area (Å²) in [5, 5.41) is 11.9. The average molecular weight is 783 g/mol. The molecule has 2 atom stereocenters. The van der Waals surface area contributed by atoms with E-state index in [4.69, 9.17) is 52.1 Å². The van der Waals surface area contributed by atoms with Crippen LogP contribution in [0.25, 0.3) is 0 Å². The Hall–Kier alpha value is -2.06. The number of allylic oxidation sites excluding steroid dienone is 2. The number of halogens is 4. The van der Waals surface area contributed by atoms with Gasteiger partial charge in [-0.1, -0.05) is 109 Å². The maximum atomic E-state index is 12.6. The van der Waals surface area contributed by atoms with Crippen LogP contribution in [0, 0.1) is 0 Å². The van der Waals surface area contributed by atoms with Crippen molar-refractivity contribution < 1.29 is 19.4 Å². The topological polar surface area (TPSA) is 92.9 Å². The van der Waals surface area contributed by atoms with E-state index in [9.17, 15) is 14.7 Å². The summed E-state index contributed by atoms with van der Waals surface area (Å²) in [5.41, 5.74) is 6.93. The van der Waals surface area contributed by atoms with E-state index >= 15 is 0 Å². The molecule has 0 spiro atoms. The molecule has 2 aromatic carbocycles. The van der Waals surface area contributed by atoms with E-state index in [1.807, 2.05) is 24.3 Å². The van der Waals surface area contributed by atoms with E-state index in [0.29, 0.717) is 57.3 Å². The Morgan fingerprint density at radius 3 is 2.06 bits per heavy atom. The lowest BCUT2D eigenvalue weighted by Crippen LogP contribution is -2.53. The third kappa shape index (κ3) is 12.5. The van der Waals surface area contributed by atoms with Crippen molar-refractivity contribution in [2.24, 2.45) is 5.73 Å². The van der Waals surface area contributed by atoms with Crippen LogP contribution in [0.15, 0.2) is 61.7 Å². The smallest absolute Gasteiger partial charge is 0.305 e. The highest BCUT2D eigenvalue weighted by Gasteiger charge is 2.42. The van der Waals surface area contributed by atoms with Gasteiger partial charge in [-0.25, -0.2) is 0 Å². The first-order chi connectivity index (χ1) is 24.4. The Balaban J connectivity index is 0.000000234. The second kappa shape index (κ2) is 21.6. The van der Waals surface area contributed by atoms with E-state index in [2.05, 4.69) is 28.9 Å². The highest BCUT2D eigenvalue weighted by atomic mass is 35.5. The van der Waals surface area contributed by atoms with Gasteiger partial charge in [-0.3, -0.25) is 9.59 Å². The van der Waals surface area contributed by atoms with Crippen LogP contribution in [-0.2, 0) is 25.2 Å². The molecule has 3 aliphatic rings. The van der Waals surface area contributed by atoms with Gasteiger partial charge in [0.25, 0.3) is 0 Å². The Labute approximate surface area is 325 Å². The number of likely N-dealkylation sites (tertiary alicyclic amines) is 1. The molecule has 1 heterocycles. The third-order valence-electron chi connectivity index (χ3n) is 10.7. The fraction of sp³-hybridized carbons (Fsp3) is 0.561. The number of piperidine rings is 1. The minimum absolute atomic E-state index is 0.0959.